The molecule has 0 heterocycles. The molecule has 4 nitrogen and oxygen atoms in total. The number of nitrogen functional groups attached to an aromatic ring is 2. The molecule has 0 bridgehead atoms. The van der Waals surface area contributed by atoms with Crippen LogP contribution in [0.5, 0.6) is 0 Å². The molecule has 0 saturated heterocycles. The number of benzene rings is 2. The van der Waals surface area contributed by atoms with E-state index in [2.05, 4.69) is 10.2 Å². The Morgan fingerprint density at radius 1 is 0.778 bits per heavy atom. The molecule has 0 fully saturated rings. The molecular weight excluding hydrogens is 271 g/mol. The molecule has 2 aromatic rings. The Bertz CT molecular complexity index is 515. The van der Waals surface area contributed by atoms with E-state index in [9.17, 15) is 0 Å². The molecule has 0 aromatic heterocycles. The summed E-state index contributed by atoms with van der Waals surface area (Å²) in [6.45, 7) is 0. The van der Waals surface area contributed by atoms with Crippen molar-refractivity contribution in [1.29, 1.82) is 0 Å². The van der Waals surface area contributed by atoms with Crippen LogP contribution in [0.2, 0.25) is 0 Å². The Balaban J connectivity index is 0.00000144. The summed E-state index contributed by atoms with van der Waals surface area (Å²) in [5, 5.41) is 8.13. The number of nitrogens with zero attached hydrogens (tertiary/aromatic N) is 2. The van der Waals surface area contributed by atoms with Crippen LogP contribution in [-0.4, -0.2) is 0 Å². The third-order valence-corrected chi connectivity index (χ3v) is 2.08. The summed E-state index contributed by atoms with van der Waals surface area (Å²) in [4.78, 5) is 0. The summed E-state index contributed by atoms with van der Waals surface area (Å²) in [6, 6.07) is 14.6. The Morgan fingerprint density at radius 3 is 2.06 bits per heavy atom. The number of anilines is 2. The third kappa shape index (κ3) is 4.24. The summed E-state index contributed by atoms with van der Waals surface area (Å²) in [5.74, 6) is 0. The summed E-state index contributed by atoms with van der Waals surface area (Å²) in [7, 11) is 0. The molecule has 0 radical (unpaired) electrons. The van der Waals surface area contributed by atoms with Gasteiger partial charge in [-0.25, -0.2) is 0 Å². The van der Waals surface area contributed by atoms with E-state index in [1.807, 2.05) is 30.3 Å². The van der Waals surface area contributed by atoms with Gasteiger partial charge in [0.15, 0.2) is 0 Å². The van der Waals surface area contributed by atoms with Gasteiger partial charge in [-0.1, -0.05) is 18.2 Å². The molecular formula is C12H14Cl2N4. The number of hydrogen-bond acceptors (Lipinski definition) is 4. The van der Waals surface area contributed by atoms with Gasteiger partial charge in [-0.05, 0) is 30.3 Å². The highest BCUT2D eigenvalue weighted by atomic mass is 35.5. The number of azo groups is 1. The minimum absolute atomic E-state index is 0. The molecule has 6 heteroatoms. The average molecular weight is 285 g/mol. The van der Waals surface area contributed by atoms with E-state index in [1.54, 1.807) is 18.2 Å². The van der Waals surface area contributed by atoms with E-state index < -0.39 is 0 Å². The van der Waals surface area contributed by atoms with E-state index in [0.717, 1.165) is 5.69 Å². The van der Waals surface area contributed by atoms with Crippen molar-refractivity contribution < 1.29 is 0 Å². The van der Waals surface area contributed by atoms with E-state index in [1.165, 1.54) is 0 Å². The standard InChI is InChI=1S/C12H12N4.2ClH/c13-9-6-7-12(11(14)8-9)16-15-10-4-2-1-3-5-10;;/h1-8H,13-14H2;2*1H. The van der Waals surface area contributed by atoms with Crippen LogP contribution in [0, 0.1) is 0 Å². The molecule has 0 aliphatic heterocycles. The van der Waals surface area contributed by atoms with Crippen molar-refractivity contribution >= 4 is 47.6 Å². The largest absolute Gasteiger partial charge is 0.399 e. The zero-order chi connectivity index (χ0) is 11.4. The molecule has 0 unspecified atom stereocenters. The zero-order valence-electron chi connectivity index (χ0n) is 9.48. The number of nitrogens with two attached hydrogens (primary N) is 2. The van der Waals surface area contributed by atoms with Crippen molar-refractivity contribution in [3.63, 3.8) is 0 Å². The number of halogens is 2. The van der Waals surface area contributed by atoms with Crippen molar-refractivity contribution in [3.05, 3.63) is 48.5 Å². The molecule has 0 spiro atoms. The van der Waals surface area contributed by atoms with Gasteiger partial charge >= 0.3 is 0 Å². The fourth-order valence-electron chi connectivity index (χ4n) is 1.27. The van der Waals surface area contributed by atoms with Crippen molar-refractivity contribution in [2.24, 2.45) is 10.2 Å². The van der Waals surface area contributed by atoms with Crippen molar-refractivity contribution in [2.75, 3.05) is 11.5 Å². The predicted molar refractivity (Wildman–Crippen MR) is 80.4 cm³/mol. The Kier molecular flexibility index (Phi) is 6.78. The van der Waals surface area contributed by atoms with Crippen LogP contribution in [0.25, 0.3) is 0 Å². The van der Waals surface area contributed by atoms with Gasteiger partial charge in [0.05, 0.1) is 11.4 Å². The number of hydrogen-bond donors (Lipinski definition) is 2. The van der Waals surface area contributed by atoms with E-state index >= 15 is 0 Å². The summed E-state index contributed by atoms with van der Waals surface area (Å²) in [6.07, 6.45) is 0. The molecule has 4 N–H and O–H groups in total. The first-order valence-corrected chi connectivity index (χ1v) is 4.87. The van der Waals surface area contributed by atoms with Gasteiger partial charge in [-0.2, -0.15) is 5.11 Å². The fraction of sp³-hybridized carbons (Fsp3) is 0. The van der Waals surface area contributed by atoms with Crippen molar-refractivity contribution in [2.45, 2.75) is 0 Å². The molecule has 0 amide bonds. The van der Waals surface area contributed by atoms with Crippen LogP contribution >= 0.6 is 24.8 Å². The highest BCUT2D eigenvalue weighted by Crippen LogP contribution is 2.26. The molecule has 96 valence electrons. The first-order valence-electron chi connectivity index (χ1n) is 4.87. The molecule has 18 heavy (non-hydrogen) atoms. The highest BCUT2D eigenvalue weighted by Gasteiger charge is 1.97. The summed E-state index contributed by atoms with van der Waals surface area (Å²) in [5.41, 5.74) is 13.9. The maximum atomic E-state index is 5.75. The lowest BCUT2D eigenvalue weighted by atomic mass is 10.2. The third-order valence-electron chi connectivity index (χ3n) is 2.08. The zero-order valence-corrected chi connectivity index (χ0v) is 11.1. The minimum Gasteiger partial charge on any atom is -0.399 e. The second-order valence-electron chi connectivity index (χ2n) is 3.35. The first kappa shape index (κ1) is 16.2. The van der Waals surface area contributed by atoms with Gasteiger partial charge in [-0.15, -0.1) is 29.9 Å². The summed E-state index contributed by atoms with van der Waals surface area (Å²) < 4.78 is 0. The number of rotatable bonds is 2. The fourth-order valence-corrected chi connectivity index (χ4v) is 1.27. The summed E-state index contributed by atoms with van der Waals surface area (Å²) >= 11 is 0. The quantitative estimate of drug-likeness (QED) is 0.643. The van der Waals surface area contributed by atoms with Crippen LogP contribution < -0.4 is 11.5 Å². The molecule has 2 rings (SSSR count). The van der Waals surface area contributed by atoms with Crippen LogP contribution in [-0.2, 0) is 0 Å². The maximum Gasteiger partial charge on any atom is 0.109 e. The Labute approximate surface area is 118 Å². The second-order valence-corrected chi connectivity index (χ2v) is 3.35. The van der Waals surface area contributed by atoms with Crippen molar-refractivity contribution in [1.82, 2.24) is 0 Å². The minimum atomic E-state index is 0. The second kappa shape index (κ2) is 7.53. The van der Waals surface area contributed by atoms with Crippen LogP contribution in [0.3, 0.4) is 0 Å². The Hall–Kier alpha value is -1.78. The molecule has 2 aromatic carbocycles. The Morgan fingerprint density at radius 2 is 1.44 bits per heavy atom. The average Bonchev–Trinajstić information content (AvgIpc) is 2.29. The van der Waals surface area contributed by atoms with Gasteiger partial charge in [-0.3, -0.25) is 0 Å². The van der Waals surface area contributed by atoms with Gasteiger partial charge < -0.3 is 11.5 Å². The molecule has 0 saturated carbocycles. The topological polar surface area (TPSA) is 76.8 Å². The van der Waals surface area contributed by atoms with E-state index in [0.29, 0.717) is 17.1 Å². The lowest BCUT2D eigenvalue weighted by Crippen LogP contribution is -1.89. The maximum absolute atomic E-state index is 5.75. The van der Waals surface area contributed by atoms with Crippen LogP contribution in [0.15, 0.2) is 58.8 Å². The van der Waals surface area contributed by atoms with E-state index in [4.69, 9.17) is 11.5 Å². The van der Waals surface area contributed by atoms with Gasteiger partial charge in [0.2, 0.25) is 0 Å². The van der Waals surface area contributed by atoms with Crippen molar-refractivity contribution in [3.8, 4) is 0 Å². The van der Waals surface area contributed by atoms with E-state index in [-0.39, 0.29) is 24.8 Å². The van der Waals surface area contributed by atoms with Crippen LogP contribution in [0.4, 0.5) is 22.7 Å². The first-order chi connectivity index (χ1) is 7.75. The highest BCUT2D eigenvalue weighted by molar-refractivity contribution is 5.85. The van der Waals surface area contributed by atoms with Gasteiger partial charge in [0.1, 0.15) is 5.69 Å². The lowest BCUT2D eigenvalue weighted by Gasteiger charge is -1.99. The van der Waals surface area contributed by atoms with Gasteiger partial charge in [0, 0.05) is 5.69 Å². The van der Waals surface area contributed by atoms with Crippen LogP contribution in [0.1, 0.15) is 0 Å². The molecule has 0 aliphatic carbocycles. The predicted octanol–water partition coefficient (Wildman–Crippen LogP) is 4.11. The SMILES string of the molecule is Cl.Cl.Nc1ccc(N=Nc2ccccc2)c(N)c1. The smallest absolute Gasteiger partial charge is 0.109 e. The van der Waals surface area contributed by atoms with Gasteiger partial charge in [0.25, 0.3) is 0 Å². The monoisotopic (exact) mass is 284 g/mol. The lowest BCUT2D eigenvalue weighted by molar-refractivity contribution is 1.23. The molecule has 0 aliphatic rings. The molecule has 0 atom stereocenters. The normalized spacial score (nSPS) is 9.56.